The lowest BCUT2D eigenvalue weighted by Gasteiger charge is -2.20. The molecular weight excluding hydrogens is 368 g/mol. The van der Waals surface area contributed by atoms with Crippen LogP contribution in [0.1, 0.15) is 20.7 Å². The van der Waals surface area contributed by atoms with E-state index in [-0.39, 0.29) is 43.5 Å². The molecule has 2 amide bonds. The first-order valence-corrected chi connectivity index (χ1v) is 8.38. The highest BCUT2D eigenvalue weighted by molar-refractivity contribution is 5.96. The molecule has 0 saturated heterocycles. The second-order valence-corrected chi connectivity index (χ2v) is 5.70. The maximum Gasteiger partial charge on any atom is 0.269 e. The number of aliphatic hydroxyl groups is 2. The monoisotopic (exact) mass is 388 g/mol. The molecule has 0 radical (unpaired) electrons. The van der Waals surface area contributed by atoms with Crippen molar-refractivity contribution in [3.05, 3.63) is 69.8 Å². The van der Waals surface area contributed by atoms with Crippen molar-refractivity contribution in [1.29, 1.82) is 0 Å². The van der Waals surface area contributed by atoms with Crippen LogP contribution < -0.4 is 10.9 Å². The Kier molecular flexibility index (Phi) is 7.43. The predicted molar refractivity (Wildman–Crippen MR) is 101 cm³/mol. The number of carbonyl (C=O) groups excluding carboxylic acids is 2. The van der Waals surface area contributed by atoms with Gasteiger partial charge in [-0.05, 0) is 36.4 Å². The summed E-state index contributed by atoms with van der Waals surface area (Å²) in [5.74, 6) is -0.809. The van der Waals surface area contributed by atoms with E-state index in [1.54, 1.807) is 24.3 Å². The van der Waals surface area contributed by atoms with Gasteiger partial charge in [0.1, 0.15) is 0 Å². The van der Waals surface area contributed by atoms with Crippen LogP contribution in [0.3, 0.4) is 0 Å². The minimum Gasteiger partial charge on any atom is -0.395 e. The zero-order valence-corrected chi connectivity index (χ0v) is 14.9. The van der Waals surface area contributed by atoms with Crippen LogP contribution in [0.25, 0.3) is 0 Å². The molecule has 2 aromatic carbocycles. The van der Waals surface area contributed by atoms with Crippen molar-refractivity contribution in [2.75, 3.05) is 31.7 Å². The summed E-state index contributed by atoms with van der Waals surface area (Å²) in [5, 5.41) is 28.6. The van der Waals surface area contributed by atoms with Crippen LogP contribution in [0.5, 0.6) is 0 Å². The quantitative estimate of drug-likeness (QED) is 0.367. The Bertz CT molecular complexity index is 817. The predicted octanol–water partition coefficient (Wildman–Crippen LogP) is 0.779. The molecule has 0 heterocycles. The summed E-state index contributed by atoms with van der Waals surface area (Å²) in [5.41, 5.74) is 6.16. The van der Waals surface area contributed by atoms with Crippen molar-refractivity contribution in [3.63, 3.8) is 0 Å². The van der Waals surface area contributed by atoms with Gasteiger partial charge in [0.2, 0.25) is 0 Å². The summed E-state index contributed by atoms with van der Waals surface area (Å²) in [6, 6.07) is 11.4. The fourth-order valence-corrected chi connectivity index (χ4v) is 2.37. The molecule has 0 spiro atoms. The Hall–Kier alpha value is -3.50. The number of anilines is 1. The normalized spacial score (nSPS) is 10.2. The molecule has 0 aliphatic heterocycles. The molecule has 2 rings (SSSR count). The van der Waals surface area contributed by atoms with Crippen LogP contribution in [-0.4, -0.2) is 58.2 Å². The third kappa shape index (κ3) is 5.50. The van der Waals surface area contributed by atoms with Crippen molar-refractivity contribution in [3.8, 4) is 0 Å². The highest BCUT2D eigenvalue weighted by Crippen LogP contribution is 2.13. The smallest absolute Gasteiger partial charge is 0.269 e. The van der Waals surface area contributed by atoms with Crippen molar-refractivity contribution >= 4 is 23.2 Å². The number of benzene rings is 2. The maximum atomic E-state index is 12.3. The molecule has 0 fully saturated rings. The van der Waals surface area contributed by atoms with E-state index in [1.165, 1.54) is 29.2 Å². The fourth-order valence-electron chi connectivity index (χ4n) is 2.37. The van der Waals surface area contributed by atoms with E-state index in [0.29, 0.717) is 11.3 Å². The lowest BCUT2D eigenvalue weighted by Crippen LogP contribution is -2.35. The number of nitro groups is 1. The summed E-state index contributed by atoms with van der Waals surface area (Å²) in [7, 11) is 0. The number of rotatable bonds is 9. The highest BCUT2D eigenvalue weighted by Gasteiger charge is 2.15. The second kappa shape index (κ2) is 10.00. The Labute approximate surface area is 160 Å². The summed E-state index contributed by atoms with van der Waals surface area (Å²) < 4.78 is 0. The van der Waals surface area contributed by atoms with Crippen molar-refractivity contribution < 1.29 is 24.7 Å². The van der Waals surface area contributed by atoms with E-state index >= 15 is 0 Å². The number of amides is 2. The number of hydrazine groups is 1. The van der Waals surface area contributed by atoms with Crippen LogP contribution in [0.4, 0.5) is 11.4 Å². The zero-order valence-electron chi connectivity index (χ0n) is 14.9. The van der Waals surface area contributed by atoms with Gasteiger partial charge in [-0.3, -0.25) is 30.6 Å². The average molecular weight is 388 g/mol. The molecule has 148 valence electrons. The number of nitro benzene ring substituents is 1. The van der Waals surface area contributed by atoms with Crippen LogP contribution in [0.2, 0.25) is 0 Å². The SMILES string of the molecule is O=C(NNc1ccc(C(=O)N(CCO)CCO)cc1)c1ccc([N+](=O)[O-])cc1. The van der Waals surface area contributed by atoms with Gasteiger partial charge in [0, 0.05) is 36.3 Å². The average Bonchev–Trinajstić information content (AvgIpc) is 2.71. The van der Waals surface area contributed by atoms with Crippen LogP contribution in [-0.2, 0) is 0 Å². The van der Waals surface area contributed by atoms with Crippen LogP contribution in [0, 0.1) is 10.1 Å². The molecule has 0 atom stereocenters. The van der Waals surface area contributed by atoms with Gasteiger partial charge >= 0.3 is 0 Å². The van der Waals surface area contributed by atoms with E-state index < -0.39 is 10.8 Å². The first-order valence-electron chi connectivity index (χ1n) is 8.38. The van der Waals surface area contributed by atoms with Crippen LogP contribution >= 0.6 is 0 Å². The first kappa shape index (κ1) is 20.8. The lowest BCUT2D eigenvalue weighted by molar-refractivity contribution is -0.384. The molecule has 0 bridgehead atoms. The molecular formula is C18H20N4O6. The van der Waals surface area contributed by atoms with Gasteiger partial charge in [0.15, 0.2) is 0 Å². The molecule has 2 aromatic rings. The molecule has 10 heteroatoms. The van der Waals surface area contributed by atoms with E-state index in [9.17, 15) is 19.7 Å². The van der Waals surface area contributed by atoms with E-state index in [4.69, 9.17) is 10.2 Å². The Morgan fingerprint density at radius 2 is 1.46 bits per heavy atom. The third-order valence-electron chi connectivity index (χ3n) is 3.82. The number of aliphatic hydroxyl groups excluding tert-OH is 2. The fraction of sp³-hybridized carbons (Fsp3) is 0.222. The van der Waals surface area contributed by atoms with Crippen molar-refractivity contribution in [2.24, 2.45) is 0 Å². The van der Waals surface area contributed by atoms with E-state index in [1.807, 2.05) is 0 Å². The molecule has 0 aliphatic rings. The number of hydrogen-bond donors (Lipinski definition) is 4. The summed E-state index contributed by atoms with van der Waals surface area (Å²) in [6.07, 6.45) is 0. The molecule has 0 unspecified atom stereocenters. The summed E-state index contributed by atoms with van der Waals surface area (Å²) in [6.45, 7) is -0.185. The summed E-state index contributed by atoms with van der Waals surface area (Å²) in [4.78, 5) is 35.8. The van der Waals surface area contributed by atoms with E-state index in [0.717, 1.165) is 0 Å². The minimum atomic E-state index is -0.551. The zero-order chi connectivity index (χ0) is 20.5. The van der Waals surface area contributed by atoms with E-state index in [2.05, 4.69) is 10.9 Å². The number of non-ortho nitro benzene ring substituents is 1. The highest BCUT2D eigenvalue weighted by atomic mass is 16.6. The molecule has 0 aromatic heterocycles. The van der Waals surface area contributed by atoms with Gasteiger partial charge in [-0.25, -0.2) is 0 Å². The number of nitrogens with one attached hydrogen (secondary N) is 2. The van der Waals surface area contributed by atoms with Gasteiger partial charge < -0.3 is 15.1 Å². The number of nitrogens with zero attached hydrogens (tertiary/aromatic N) is 2. The summed E-state index contributed by atoms with van der Waals surface area (Å²) >= 11 is 0. The van der Waals surface area contributed by atoms with Crippen molar-refractivity contribution in [1.82, 2.24) is 10.3 Å². The standard InChI is InChI=1S/C18H20N4O6/c23-11-9-21(10-12-24)18(26)14-1-5-15(6-2-14)19-20-17(25)13-3-7-16(8-4-13)22(27)28/h1-8,19,23-24H,9-12H2,(H,20,25). The Balaban J connectivity index is 1.95. The number of hydrogen-bond acceptors (Lipinski definition) is 7. The van der Waals surface area contributed by atoms with Crippen LogP contribution in [0.15, 0.2) is 48.5 Å². The molecule has 4 N–H and O–H groups in total. The molecule has 28 heavy (non-hydrogen) atoms. The lowest BCUT2D eigenvalue weighted by atomic mass is 10.2. The largest absolute Gasteiger partial charge is 0.395 e. The Morgan fingerprint density at radius 1 is 0.929 bits per heavy atom. The van der Waals surface area contributed by atoms with Gasteiger partial charge in [0.25, 0.3) is 17.5 Å². The molecule has 0 saturated carbocycles. The first-order chi connectivity index (χ1) is 13.5. The number of carbonyl (C=O) groups is 2. The Morgan fingerprint density at radius 3 is 1.96 bits per heavy atom. The van der Waals surface area contributed by atoms with Gasteiger partial charge in [-0.1, -0.05) is 0 Å². The third-order valence-corrected chi connectivity index (χ3v) is 3.82. The van der Waals surface area contributed by atoms with Gasteiger partial charge in [-0.15, -0.1) is 0 Å². The van der Waals surface area contributed by atoms with Gasteiger partial charge in [0.05, 0.1) is 23.8 Å². The minimum absolute atomic E-state index is 0.110. The molecule has 0 aliphatic carbocycles. The van der Waals surface area contributed by atoms with Crippen molar-refractivity contribution in [2.45, 2.75) is 0 Å². The van der Waals surface area contributed by atoms with Gasteiger partial charge in [-0.2, -0.15) is 0 Å². The second-order valence-electron chi connectivity index (χ2n) is 5.70. The molecule has 10 nitrogen and oxygen atoms in total. The maximum absolute atomic E-state index is 12.3. The topological polar surface area (TPSA) is 145 Å².